The number of pyridine rings is 1. The summed E-state index contributed by atoms with van der Waals surface area (Å²) >= 11 is 0. The highest BCUT2D eigenvalue weighted by atomic mass is 16.4. The van der Waals surface area contributed by atoms with Gasteiger partial charge in [0.05, 0.1) is 11.6 Å². The molecule has 3 rings (SSSR count). The third-order valence-electron chi connectivity index (χ3n) is 4.21. The predicted molar refractivity (Wildman–Crippen MR) is 102 cm³/mol. The molecule has 1 aromatic carbocycles. The molecule has 0 bridgehead atoms. The molecule has 2 heterocycles. The molecule has 0 fully saturated rings. The molecule has 1 amide bonds. The van der Waals surface area contributed by atoms with Crippen LogP contribution in [0.5, 0.6) is 0 Å². The molecular formula is C20H18N4O4. The maximum absolute atomic E-state index is 12.5. The number of nitrogens with one attached hydrogen (secondary N) is 2. The Morgan fingerprint density at radius 2 is 1.93 bits per heavy atom. The van der Waals surface area contributed by atoms with Crippen molar-refractivity contribution in [2.75, 3.05) is 0 Å². The van der Waals surface area contributed by atoms with Crippen LogP contribution >= 0.6 is 0 Å². The van der Waals surface area contributed by atoms with Crippen LogP contribution in [0.2, 0.25) is 0 Å². The van der Waals surface area contributed by atoms with Crippen molar-refractivity contribution in [2.24, 2.45) is 0 Å². The van der Waals surface area contributed by atoms with Crippen LogP contribution in [0.25, 0.3) is 11.5 Å². The van der Waals surface area contributed by atoms with Crippen molar-refractivity contribution in [3.63, 3.8) is 0 Å². The molecular weight excluding hydrogens is 360 g/mol. The lowest BCUT2D eigenvalue weighted by molar-refractivity contribution is 0.0696. The lowest BCUT2D eigenvalue weighted by Gasteiger charge is -2.17. The first-order valence-corrected chi connectivity index (χ1v) is 8.64. The number of H-pyrrole nitrogens is 1. The summed E-state index contributed by atoms with van der Waals surface area (Å²) < 4.78 is 0. The van der Waals surface area contributed by atoms with Crippen molar-refractivity contribution in [1.29, 1.82) is 0 Å². The topological polar surface area (TPSA) is 125 Å². The van der Waals surface area contributed by atoms with Crippen molar-refractivity contribution in [2.45, 2.75) is 19.4 Å². The minimum atomic E-state index is -1.12. The van der Waals surface area contributed by atoms with E-state index >= 15 is 0 Å². The largest absolute Gasteiger partial charge is 0.478 e. The molecule has 8 nitrogen and oxygen atoms in total. The molecule has 0 aliphatic heterocycles. The molecule has 0 spiro atoms. The van der Waals surface area contributed by atoms with Crippen molar-refractivity contribution >= 4 is 11.9 Å². The first-order chi connectivity index (χ1) is 13.5. The zero-order valence-corrected chi connectivity index (χ0v) is 15.0. The number of carboxylic acid groups (broad SMARTS) is 1. The van der Waals surface area contributed by atoms with E-state index in [2.05, 4.69) is 20.3 Å². The van der Waals surface area contributed by atoms with Crippen LogP contribution in [0.15, 0.2) is 59.7 Å². The number of nitrogens with zero attached hydrogens (tertiary/aromatic N) is 2. The molecule has 0 aliphatic rings. The lowest BCUT2D eigenvalue weighted by atomic mass is 10.0. The Hall–Kier alpha value is -3.81. The Bertz CT molecular complexity index is 1060. The van der Waals surface area contributed by atoms with Crippen molar-refractivity contribution in [3.05, 3.63) is 81.9 Å². The second kappa shape index (κ2) is 8.26. The number of benzene rings is 1. The van der Waals surface area contributed by atoms with Crippen molar-refractivity contribution < 1.29 is 14.7 Å². The van der Waals surface area contributed by atoms with E-state index in [0.29, 0.717) is 6.42 Å². The summed E-state index contributed by atoms with van der Waals surface area (Å²) in [4.78, 5) is 46.5. The van der Waals surface area contributed by atoms with E-state index < -0.39 is 17.4 Å². The summed E-state index contributed by atoms with van der Waals surface area (Å²) in [6.45, 7) is 1.94. The van der Waals surface area contributed by atoms with Gasteiger partial charge in [0.15, 0.2) is 5.82 Å². The molecule has 3 N–H and O–H groups in total. The number of aromatic carboxylic acids is 1. The van der Waals surface area contributed by atoms with Gasteiger partial charge in [-0.15, -0.1) is 0 Å². The summed E-state index contributed by atoms with van der Waals surface area (Å²) in [5.74, 6) is -1.57. The van der Waals surface area contributed by atoms with Gasteiger partial charge in [-0.2, -0.15) is 0 Å². The number of carboxylic acids is 1. The summed E-state index contributed by atoms with van der Waals surface area (Å²) in [7, 11) is 0. The zero-order valence-electron chi connectivity index (χ0n) is 15.0. The third-order valence-corrected chi connectivity index (χ3v) is 4.21. The summed E-state index contributed by atoms with van der Waals surface area (Å²) in [6, 6.07) is 11.9. The van der Waals surface area contributed by atoms with Gasteiger partial charge in [-0.3, -0.25) is 14.6 Å². The first kappa shape index (κ1) is 19.0. The van der Waals surface area contributed by atoms with Crippen molar-refractivity contribution in [1.82, 2.24) is 20.3 Å². The average Bonchev–Trinajstić information content (AvgIpc) is 2.72. The minimum Gasteiger partial charge on any atom is -0.478 e. The average molecular weight is 378 g/mol. The van der Waals surface area contributed by atoms with Gasteiger partial charge >= 0.3 is 5.97 Å². The van der Waals surface area contributed by atoms with Gasteiger partial charge < -0.3 is 15.4 Å². The van der Waals surface area contributed by atoms with E-state index in [9.17, 15) is 14.4 Å². The Kier molecular flexibility index (Phi) is 5.59. The Morgan fingerprint density at radius 1 is 1.18 bits per heavy atom. The quantitative estimate of drug-likeness (QED) is 0.605. The Balaban J connectivity index is 1.84. The fourth-order valence-corrected chi connectivity index (χ4v) is 2.72. The third kappa shape index (κ3) is 4.12. The fourth-order valence-electron chi connectivity index (χ4n) is 2.72. The molecule has 8 heteroatoms. The van der Waals surface area contributed by atoms with E-state index in [4.69, 9.17) is 5.11 Å². The SMILES string of the molecule is CCC(NC(=O)c1cnc(-c2cc(C(=O)O)ccn2)[nH]c1=O)c1ccccc1. The second-order valence-corrected chi connectivity index (χ2v) is 6.05. The van der Waals surface area contributed by atoms with Crippen LogP contribution in [0.4, 0.5) is 0 Å². The summed E-state index contributed by atoms with van der Waals surface area (Å²) in [6.07, 6.45) is 3.13. The van der Waals surface area contributed by atoms with Gasteiger partial charge in [0.1, 0.15) is 11.3 Å². The highest BCUT2D eigenvalue weighted by Gasteiger charge is 2.18. The lowest BCUT2D eigenvalue weighted by Crippen LogP contribution is -2.33. The molecule has 0 aliphatic carbocycles. The van der Waals surface area contributed by atoms with E-state index in [-0.39, 0.29) is 28.7 Å². The van der Waals surface area contributed by atoms with Crippen LogP contribution in [-0.4, -0.2) is 31.9 Å². The first-order valence-electron chi connectivity index (χ1n) is 8.64. The van der Waals surface area contributed by atoms with Gasteiger partial charge in [-0.05, 0) is 24.1 Å². The molecule has 142 valence electrons. The number of rotatable bonds is 6. The number of carbonyl (C=O) groups excluding carboxylic acids is 1. The maximum atomic E-state index is 12.5. The van der Waals surface area contributed by atoms with Crippen molar-refractivity contribution in [3.8, 4) is 11.5 Å². The van der Waals surface area contributed by atoms with E-state index in [1.165, 1.54) is 18.3 Å². The number of aromatic nitrogens is 3. The number of aromatic amines is 1. The zero-order chi connectivity index (χ0) is 20.1. The number of hydrogen-bond donors (Lipinski definition) is 3. The van der Waals surface area contributed by atoms with Gasteiger partial charge in [0.2, 0.25) is 0 Å². The van der Waals surface area contributed by atoms with Gasteiger partial charge in [0.25, 0.3) is 11.5 Å². The fraction of sp³-hybridized carbons (Fsp3) is 0.150. The van der Waals surface area contributed by atoms with Crippen LogP contribution in [0.3, 0.4) is 0 Å². The molecule has 28 heavy (non-hydrogen) atoms. The van der Waals surface area contributed by atoms with Gasteiger partial charge in [-0.25, -0.2) is 9.78 Å². The molecule has 1 unspecified atom stereocenters. The smallest absolute Gasteiger partial charge is 0.335 e. The van der Waals surface area contributed by atoms with Gasteiger partial charge in [0, 0.05) is 12.4 Å². The van der Waals surface area contributed by atoms with Crippen LogP contribution in [-0.2, 0) is 0 Å². The van der Waals surface area contributed by atoms with Crippen LogP contribution < -0.4 is 10.9 Å². The Morgan fingerprint density at radius 3 is 2.57 bits per heavy atom. The van der Waals surface area contributed by atoms with Crippen LogP contribution in [0.1, 0.15) is 45.7 Å². The Labute approximate surface area is 160 Å². The molecule has 3 aromatic rings. The van der Waals surface area contributed by atoms with E-state index in [0.717, 1.165) is 11.8 Å². The monoisotopic (exact) mass is 378 g/mol. The highest BCUT2D eigenvalue weighted by Crippen LogP contribution is 2.16. The minimum absolute atomic E-state index is 0.0168. The number of carbonyl (C=O) groups is 2. The molecule has 0 saturated heterocycles. The molecule has 2 aromatic heterocycles. The van der Waals surface area contributed by atoms with E-state index in [1.54, 1.807) is 0 Å². The van der Waals surface area contributed by atoms with Crippen LogP contribution in [0, 0.1) is 0 Å². The standard InChI is InChI=1S/C20H18N4O4/c1-2-15(12-6-4-3-5-7-12)23-18(25)14-11-22-17(24-19(14)26)16-10-13(20(27)28)8-9-21-16/h3-11,15H,2H2,1H3,(H,23,25)(H,27,28)(H,22,24,26). The number of hydrogen-bond acceptors (Lipinski definition) is 5. The normalized spacial score (nSPS) is 11.6. The predicted octanol–water partition coefficient (Wildman–Crippen LogP) is 2.41. The maximum Gasteiger partial charge on any atom is 0.335 e. The van der Waals surface area contributed by atoms with E-state index in [1.807, 2.05) is 37.3 Å². The second-order valence-electron chi connectivity index (χ2n) is 6.05. The number of amides is 1. The molecule has 0 saturated carbocycles. The highest BCUT2D eigenvalue weighted by molar-refractivity contribution is 5.94. The molecule has 0 radical (unpaired) electrons. The van der Waals surface area contributed by atoms with Gasteiger partial charge in [-0.1, -0.05) is 37.3 Å². The molecule has 1 atom stereocenters. The summed E-state index contributed by atoms with van der Waals surface area (Å²) in [5, 5.41) is 11.9. The summed E-state index contributed by atoms with van der Waals surface area (Å²) in [5.41, 5.74) is 0.386.